The van der Waals surface area contributed by atoms with Gasteiger partial charge in [0.1, 0.15) is 0 Å². The zero-order valence-electron chi connectivity index (χ0n) is 13.5. The number of halogens is 3. The monoisotopic (exact) mass is 411 g/mol. The van der Waals surface area contributed by atoms with Gasteiger partial charge >= 0.3 is 0 Å². The predicted molar refractivity (Wildman–Crippen MR) is 101 cm³/mol. The standard InChI is InChI=1S/C18H12Cl2FNO3S/c1-25-15-5-3-10(7-14(15)21)8-16-17(23)22(18(24)26-16)9-11-2-4-12(19)13(20)6-11/h2-8H,9H2,1H3. The molecule has 2 aromatic rings. The minimum Gasteiger partial charge on any atom is -0.494 e. The Labute approximate surface area is 163 Å². The number of rotatable bonds is 4. The van der Waals surface area contributed by atoms with E-state index in [1.165, 1.54) is 25.3 Å². The van der Waals surface area contributed by atoms with E-state index in [4.69, 9.17) is 27.9 Å². The molecule has 1 aliphatic rings. The molecule has 0 aromatic heterocycles. The van der Waals surface area contributed by atoms with Gasteiger partial charge < -0.3 is 4.74 Å². The molecule has 1 saturated heterocycles. The van der Waals surface area contributed by atoms with Crippen molar-refractivity contribution in [3.63, 3.8) is 0 Å². The van der Waals surface area contributed by atoms with Gasteiger partial charge in [-0.05, 0) is 53.2 Å². The highest BCUT2D eigenvalue weighted by Crippen LogP contribution is 2.34. The van der Waals surface area contributed by atoms with Crippen molar-refractivity contribution in [1.82, 2.24) is 4.90 Å². The molecule has 8 heteroatoms. The summed E-state index contributed by atoms with van der Waals surface area (Å²) in [7, 11) is 1.37. The van der Waals surface area contributed by atoms with E-state index in [0.717, 1.165) is 16.7 Å². The highest BCUT2D eigenvalue weighted by atomic mass is 35.5. The van der Waals surface area contributed by atoms with Crippen LogP contribution in [-0.2, 0) is 11.3 Å². The summed E-state index contributed by atoms with van der Waals surface area (Å²) in [6, 6.07) is 9.21. The number of benzene rings is 2. The van der Waals surface area contributed by atoms with Crippen molar-refractivity contribution in [2.45, 2.75) is 6.54 Å². The minimum absolute atomic E-state index is 0.0792. The number of carbonyl (C=O) groups is 2. The van der Waals surface area contributed by atoms with Crippen LogP contribution in [0, 0.1) is 5.82 Å². The van der Waals surface area contributed by atoms with Crippen LogP contribution in [-0.4, -0.2) is 23.2 Å². The van der Waals surface area contributed by atoms with Gasteiger partial charge in [-0.15, -0.1) is 0 Å². The number of imide groups is 1. The quantitative estimate of drug-likeness (QED) is 0.633. The Hall–Kier alpha value is -2.02. The molecule has 0 N–H and O–H groups in total. The summed E-state index contributed by atoms with van der Waals surface area (Å²) >= 11 is 12.6. The number of ether oxygens (including phenoxy) is 1. The number of methoxy groups -OCH3 is 1. The third kappa shape index (κ3) is 3.87. The van der Waals surface area contributed by atoms with Crippen LogP contribution in [0.1, 0.15) is 11.1 Å². The topological polar surface area (TPSA) is 46.6 Å². The molecule has 0 spiro atoms. The van der Waals surface area contributed by atoms with Crippen molar-refractivity contribution in [2.24, 2.45) is 0 Å². The predicted octanol–water partition coefficient (Wildman–Crippen LogP) is 5.38. The lowest BCUT2D eigenvalue weighted by Crippen LogP contribution is -2.27. The average Bonchev–Trinajstić information content (AvgIpc) is 2.86. The van der Waals surface area contributed by atoms with E-state index in [-0.39, 0.29) is 17.2 Å². The van der Waals surface area contributed by atoms with Gasteiger partial charge in [-0.3, -0.25) is 14.5 Å². The van der Waals surface area contributed by atoms with Crippen LogP contribution >= 0.6 is 35.0 Å². The van der Waals surface area contributed by atoms with Gasteiger partial charge in [-0.1, -0.05) is 35.3 Å². The summed E-state index contributed by atoms with van der Waals surface area (Å²) in [6.07, 6.45) is 1.47. The lowest BCUT2D eigenvalue weighted by atomic mass is 10.2. The van der Waals surface area contributed by atoms with Crippen LogP contribution in [0.25, 0.3) is 6.08 Å². The Bertz CT molecular complexity index is 933. The normalized spacial score (nSPS) is 15.8. The Balaban J connectivity index is 1.82. The maximum absolute atomic E-state index is 13.8. The van der Waals surface area contributed by atoms with Crippen LogP contribution in [0.4, 0.5) is 9.18 Å². The van der Waals surface area contributed by atoms with E-state index in [2.05, 4.69) is 0 Å². The first-order valence-electron chi connectivity index (χ1n) is 7.42. The number of hydrogen-bond acceptors (Lipinski definition) is 4. The molecule has 3 rings (SSSR count). The maximum Gasteiger partial charge on any atom is 0.293 e. The van der Waals surface area contributed by atoms with Crippen molar-refractivity contribution in [3.8, 4) is 5.75 Å². The van der Waals surface area contributed by atoms with Gasteiger partial charge in [-0.25, -0.2) is 4.39 Å². The molecule has 0 bridgehead atoms. The first-order valence-corrected chi connectivity index (χ1v) is 8.99. The first kappa shape index (κ1) is 18.8. The summed E-state index contributed by atoms with van der Waals surface area (Å²) in [5.74, 6) is -0.881. The second-order valence-corrected chi connectivity index (χ2v) is 7.22. The molecule has 2 aromatic carbocycles. The van der Waals surface area contributed by atoms with Gasteiger partial charge in [0.05, 0.1) is 28.6 Å². The number of thioether (sulfide) groups is 1. The third-order valence-corrected chi connectivity index (χ3v) is 5.32. The zero-order chi connectivity index (χ0) is 18.8. The Kier molecular flexibility index (Phi) is 5.55. The maximum atomic E-state index is 13.8. The Morgan fingerprint density at radius 3 is 2.58 bits per heavy atom. The Morgan fingerprint density at radius 1 is 1.15 bits per heavy atom. The highest BCUT2D eigenvalue weighted by Gasteiger charge is 2.35. The minimum atomic E-state index is -0.545. The molecular formula is C18H12Cl2FNO3S. The largest absolute Gasteiger partial charge is 0.494 e. The van der Waals surface area contributed by atoms with Gasteiger partial charge in [0, 0.05) is 0 Å². The molecule has 0 atom stereocenters. The van der Waals surface area contributed by atoms with Crippen molar-refractivity contribution in [3.05, 3.63) is 68.3 Å². The fourth-order valence-electron chi connectivity index (χ4n) is 2.38. The van der Waals surface area contributed by atoms with Gasteiger partial charge in [0.2, 0.25) is 0 Å². The van der Waals surface area contributed by atoms with E-state index in [1.54, 1.807) is 24.3 Å². The van der Waals surface area contributed by atoms with E-state index < -0.39 is 17.0 Å². The smallest absolute Gasteiger partial charge is 0.293 e. The average molecular weight is 412 g/mol. The number of carbonyl (C=O) groups excluding carboxylic acids is 2. The molecule has 1 heterocycles. The van der Waals surface area contributed by atoms with Crippen LogP contribution in [0.15, 0.2) is 41.3 Å². The number of nitrogens with zero attached hydrogens (tertiary/aromatic N) is 1. The Morgan fingerprint density at radius 2 is 1.92 bits per heavy atom. The van der Waals surface area contributed by atoms with Crippen LogP contribution in [0.2, 0.25) is 10.0 Å². The SMILES string of the molecule is COc1ccc(C=C2SC(=O)N(Cc3ccc(Cl)c(Cl)c3)C2=O)cc1F. The van der Waals surface area contributed by atoms with Crippen molar-refractivity contribution in [2.75, 3.05) is 7.11 Å². The summed E-state index contributed by atoms with van der Waals surface area (Å²) in [6.45, 7) is 0.0792. The summed E-state index contributed by atoms with van der Waals surface area (Å²) in [5.41, 5.74) is 1.14. The van der Waals surface area contributed by atoms with E-state index in [1.807, 2.05) is 0 Å². The first-order chi connectivity index (χ1) is 12.4. The fourth-order valence-corrected chi connectivity index (χ4v) is 3.54. The van der Waals surface area contributed by atoms with Gasteiger partial charge in [0.15, 0.2) is 11.6 Å². The van der Waals surface area contributed by atoms with Crippen molar-refractivity contribution in [1.29, 1.82) is 0 Å². The summed E-state index contributed by atoms with van der Waals surface area (Å²) in [4.78, 5) is 26.0. The van der Waals surface area contributed by atoms with Crippen molar-refractivity contribution < 1.29 is 18.7 Å². The van der Waals surface area contributed by atoms with E-state index in [9.17, 15) is 14.0 Å². The molecule has 0 radical (unpaired) electrons. The number of hydrogen-bond donors (Lipinski definition) is 0. The summed E-state index contributed by atoms with van der Waals surface area (Å²) in [5, 5.41) is 0.340. The lowest BCUT2D eigenvalue weighted by molar-refractivity contribution is -0.123. The molecule has 1 aliphatic heterocycles. The molecule has 4 nitrogen and oxygen atoms in total. The third-order valence-electron chi connectivity index (χ3n) is 3.67. The molecule has 0 saturated carbocycles. The van der Waals surface area contributed by atoms with Crippen LogP contribution in [0.3, 0.4) is 0 Å². The van der Waals surface area contributed by atoms with Crippen molar-refractivity contribution >= 4 is 52.2 Å². The van der Waals surface area contributed by atoms with Crippen LogP contribution in [0.5, 0.6) is 5.75 Å². The van der Waals surface area contributed by atoms with Gasteiger partial charge in [-0.2, -0.15) is 0 Å². The van der Waals surface area contributed by atoms with Crippen LogP contribution < -0.4 is 4.74 Å². The molecule has 134 valence electrons. The zero-order valence-corrected chi connectivity index (χ0v) is 15.8. The molecule has 1 fully saturated rings. The molecule has 0 unspecified atom stereocenters. The number of amides is 2. The van der Waals surface area contributed by atoms with E-state index in [0.29, 0.717) is 21.2 Å². The summed E-state index contributed by atoms with van der Waals surface area (Å²) < 4.78 is 18.6. The molecule has 2 amide bonds. The molecule has 0 aliphatic carbocycles. The highest BCUT2D eigenvalue weighted by molar-refractivity contribution is 8.18. The molecule has 26 heavy (non-hydrogen) atoms. The fraction of sp³-hybridized carbons (Fsp3) is 0.111. The second-order valence-electron chi connectivity index (χ2n) is 5.41. The molecular weight excluding hydrogens is 400 g/mol. The second kappa shape index (κ2) is 7.70. The van der Waals surface area contributed by atoms with Gasteiger partial charge in [0.25, 0.3) is 11.1 Å². The lowest BCUT2D eigenvalue weighted by Gasteiger charge is -2.12. The van der Waals surface area contributed by atoms with E-state index >= 15 is 0 Å².